The maximum absolute atomic E-state index is 13.1. The average Bonchev–Trinajstić information content (AvgIpc) is 3.07. The molecule has 3 aromatic rings. The second kappa shape index (κ2) is 21.9. The summed E-state index contributed by atoms with van der Waals surface area (Å²) < 4.78 is 23.2. The van der Waals surface area contributed by atoms with Gasteiger partial charge in [0.15, 0.2) is 0 Å². The Labute approximate surface area is 276 Å². The summed E-state index contributed by atoms with van der Waals surface area (Å²) in [7, 11) is 0. The molecule has 0 radical (unpaired) electrons. The molecule has 6 nitrogen and oxygen atoms in total. The Bertz CT molecular complexity index is 1280. The zero-order chi connectivity index (χ0) is 32.8. The van der Waals surface area contributed by atoms with Gasteiger partial charge in [-0.2, -0.15) is 0 Å². The lowest BCUT2D eigenvalue weighted by molar-refractivity contribution is 0.0718. The molecule has 0 amide bonds. The van der Waals surface area contributed by atoms with Crippen molar-refractivity contribution >= 4 is 11.9 Å². The van der Waals surface area contributed by atoms with Crippen LogP contribution < -0.4 is 18.9 Å². The van der Waals surface area contributed by atoms with E-state index < -0.39 is 11.9 Å². The third kappa shape index (κ3) is 13.7. The van der Waals surface area contributed by atoms with Gasteiger partial charge in [0.05, 0.1) is 24.3 Å². The molecule has 0 N–H and O–H groups in total. The third-order valence-electron chi connectivity index (χ3n) is 7.96. The Balaban J connectivity index is 1.58. The quantitative estimate of drug-likeness (QED) is 0.0590. The highest BCUT2D eigenvalue weighted by atomic mass is 16.5. The third-order valence-corrected chi connectivity index (χ3v) is 7.96. The minimum absolute atomic E-state index is 0.416. The van der Waals surface area contributed by atoms with E-state index in [1.54, 1.807) is 54.6 Å². The van der Waals surface area contributed by atoms with E-state index in [4.69, 9.17) is 18.9 Å². The molecule has 250 valence electrons. The fraction of sp³-hybridized carbons (Fsp3) is 0.500. The van der Waals surface area contributed by atoms with Crippen molar-refractivity contribution < 1.29 is 28.5 Å². The molecule has 0 saturated carbocycles. The van der Waals surface area contributed by atoms with Crippen molar-refractivity contribution in [3.63, 3.8) is 0 Å². The summed E-state index contributed by atoms with van der Waals surface area (Å²) in [6, 6.07) is 19.3. The Morgan fingerprint density at radius 1 is 0.478 bits per heavy atom. The van der Waals surface area contributed by atoms with Gasteiger partial charge in [0.25, 0.3) is 0 Å². The molecule has 6 heteroatoms. The Hall–Kier alpha value is -3.80. The first-order valence-corrected chi connectivity index (χ1v) is 17.6. The summed E-state index contributed by atoms with van der Waals surface area (Å²) in [6.45, 7) is 7.93. The van der Waals surface area contributed by atoms with E-state index in [0.29, 0.717) is 42.3 Å². The van der Waals surface area contributed by atoms with Crippen LogP contribution in [0, 0.1) is 0 Å². The lowest BCUT2D eigenvalue weighted by Crippen LogP contribution is -2.11. The molecule has 0 unspecified atom stereocenters. The molecular weight excluding hydrogens is 576 g/mol. The van der Waals surface area contributed by atoms with Crippen LogP contribution in [-0.4, -0.2) is 25.2 Å². The first-order chi connectivity index (χ1) is 22.5. The number of unbranched alkanes of at least 4 members (excludes halogenated alkanes) is 11. The summed E-state index contributed by atoms with van der Waals surface area (Å²) in [6.07, 6.45) is 16.8. The Kier molecular flexibility index (Phi) is 17.4. The summed E-state index contributed by atoms with van der Waals surface area (Å²) in [5, 5.41) is 0. The number of carbonyl (C=O) groups excluding carboxylic acids is 2. The van der Waals surface area contributed by atoms with Gasteiger partial charge in [-0.15, -0.1) is 0 Å². The molecule has 3 aromatic carbocycles. The minimum atomic E-state index is -0.448. The van der Waals surface area contributed by atoms with Crippen LogP contribution in [0.15, 0.2) is 66.7 Å². The van der Waals surface area contributed by atoms with E-state index in [9.17, 15) is 9.59 Å². The molecule has 0 aromatic heterocycles. The normalized spacial score (nSPS) is 10.8. The zero-order valence-electron chi connectivity index (χ0n) is 28.3. The molecule has 0 fully saturated rings. The van der Waals surface area contributed by atoms with E-state index >= 15 is 0 Å². The number of carbonyl (C=O) groups is 2. The molecule has 0 spiro atoms. The lowest BCUT2D eigenvalue weighted by atomic mass is 10.0. The van der Waals surface area contributed by atoms with Gasteiger partial charge in [-0.05, 0) is 98.0 Å². The topological polar surface area (TPSA) is 71.1 Å². The number of hydrogen-bond donors (Lipinski definition) is 0. The summed E-state index contributed by atoms with van der Waals surface area (Å²) in [4.78, 5) is 26.0. The predicted octanol–water partition coefficient (Wildman–Crippen LogP) is 10.9. The lowest BCUT2D eigenvalue weighted by Gasteiger charge is -2.13. The van der Waals surface area contributed by atoms with Gasteiger partial charge in [0.2, 0.25) is 0 Å². The Morgan fingerprint density at radius 3 is 1.41 bits per heavy atom. The number of ether oxygens (including phenoxy) is 4. The van der Waals surface area contributed by atoms with Gasteiger partial charge in [-0.1, -0.05) is 91.4 Å². The van der Waals surface area contributed by atoms with Crippen LogP contribution in [0.5, 0.6) is 23.0 Å². The van der Waals surface area contributed by atoms with Crippen molar-refractivity contribution in [1.82, 2.24) is 0 Å². The number of hydrogen-bond acceptors (Lipinski definition) is 6. The van der Waals surface area contributed by atoms with E-state index in [0.717, 1.165) is 55.6 Å². The monoisotopic (exact) mass is 630 g/mol. The molecule has 0 saturated heterocycles. The smallest absolute Gasteiger partial charge is 0.343 e. The number of aryl methyl sites for hydroxylation is 1. The van der Waals surface area contributed by atoms with Gasteiger partial charge in [-0.3, -0.25) is 0 Å². The van der Waals surface area contributed by atoms with Crippen LogP contribution in [0.2, 0.25) is 0 Å². The predicted molar refractivity (Wildman–Crippen MR) is 186 cm³/mol. The standard InChI is InChI=1S/C40H54O6/c1-4-7-10-13-16-29-43-35-23-19-32(20-24-35)39(41)45-37-27-28-38(34(31-37)18-15-12-9-6-3)46-40(42)33-21-25-36(26-22-33)44-30-17-14-11-8-5-2/h19-28,31H,4-18,29-30H2,1-3H3. The number of benzene rings is 3. The molecule has 0 atom stereocenters. The fourth-order valence-electron chi connectivity index (χ4n) is 5.15. The van der Waals surface area contributed by atoms with E-state index in [2.05, 4.69) is 20.8 Å². The number of rotatable bonds is 23. The SMILES string of the molecule is CCCCCCCOc1ccc(C(=O)Oc2ccc(OC(=O)c3ccc(OCCCCCCC)cc3)c(CCCCCC)c2)cc1. The average molecular weight is 631 g/mol. The van der Waals surface area contributed by atoms with Crippen molar-refractivity contribution in [3.8, 4) is 23.0 Å². The maximum Gasteiger partial charge on any atom is 0.343 e. The summed E-state index contributed by atoms with van der Waals surface area (Å²) >= 11 is 0. The molecule has 0 aliphatic rings. The summed E-state index contributed by atoms with van der Waals surface area (Å²) in [5.74, 6) is 1.50. The molecule has 0 bridgehead atoms. The zero-order valence-corrected chi connectivity index (χ0v) is 28.3. The molecule has 46 heavy (non-hydrogen) atoms. The van der Waals surface area contributed by atoms with Crippen LogP contribution in [0.3, 0.4) is 0 Å². The van der Waals surface area contributed by atoms with Crippen molar-refractivity contribution in [3.05, 3.63) is 83.4 Å². The summed E-state index contributed by atoms with van der Waals surface area (Å²) in [5.41, 5.74) is 1.73. The van der Waals surface area contributed by atoms with Gasteiger partial charge < -0.3 is 18.9 Å². The van der Waals surface area contributed by atoms with Gasteiger partial charge >= 0.3 is 11.9 Å². The first kappa shape index (κ1) is 36.7. The maximum atomic E-state index is 13.1. The largest absolute Gasteiger partial charge is 0.494 e. The van der Waals surface area contributed by atoms with E-state index in [-0.39, 0.29) is 0 Å². The van der Waals surface area contributed by atoms with Crippen LogP contribution in [0.25, 0.3) is 0 Å². The highest BCUT2D eigenvalue weighted by Crippen LogP contribution is 2.28. The number of esters is 2. The highest BCUT2D eigenvalue weighted by molar-refractivity contribution is 5.92. The molecule has 0 aliphatic heterocycles. The van der Waals surface area contributed by atoms with E-state index in [1.165, 1.54) is 51.4 Å². The molecule has 3 rings (SSSR count). The molecular formula is C40H54O6. The van der Waals surface area contributed by atoms with Crippen molar-refractivity contribution in [2.45, 2.75) is 117 Å². The van der Waals surface area contributed by atoms with Crippen molar-refractivity contribution in [1.29, 1.82) is 0 Å². The van der Waals surface area contributed by atoms with Crippen LogP contribution in [0.4, 0.5) is 0 Å². The fourth-order valence-corrected chi connectivity index (χ4v) is 5.15. The molecule has 0 aliphatic carbocycles. The first-order valence-electron chi connectivity index (χ1n) is 17.6. The Morgan fingerprint density at radius 2 is 0.913 bits per heavy atom. The van der Waals surface area contributed by atoms with Crippen LogP contribution >= 0.6 is 0 Å². The van der Waals surface area contributed by atoms with Crippen molar-refractivity contribution in [2.75, 3.05) is 13.2 Å². The van der Waals surface area contributed by atoms with Crippen molar-refractivity contribution in [2.24, 2.45) is 0 Å². The van der Waals surface area contributed by atoms with Crippen LogP contribution in [-0.2, 0) is 6.42 Å². The molecule has 0 heterocycles. The van der Waals surface area contributed by atoms with Gasteiger partial charge in [0.1, 0.15) is 23.0 Å². The van der Waals surface area contributed by atoms with Crippen LogP contribution in [0.1, 0.15) is 137 Å². The van der Waals surface area contributed by atoms with Gasteiger partial charge in [-0.25, -0.2) is 9.59 Å². The minimum Gasteiger partial charge on any atom is -0.494 e. The second-order valence-electron chi connectivity index (χ2n) is 11.9. The highest BCUT2D eigenvalue weighted by Gasteiger charge is 2.15. The van der Waals surface area contributed by atoms with Gasteiger partial charge in [0, 0.05) is 0 Å². The second-order valence-corrected chi connectivity index (χ2v) is 11.9. The van der Waals surface area contributed by atoms with E-state index in [1.807, 2.05) is 12.1 Å².